The molecule has 3 N–H and O–H groups in total. The van der Waals surface area contributed by atoms with Gasteiger partial charge < -0.3 is 15.5 Å². The van der Waals surface area contributed by atoms with E-state index in [0.717, 1.165) is 6.42 Å². The maximum Gasteiger partial charge on any atom is 0.255 e. The van der Waals surface area contributed by atoms with Crippen molar-refractivity contribution in [2.45, 2.75) is 32.7 Å². The molecule has 0 atom stereocenters. The van der Waals surface area contributed by atoms with E-state index < -0.39 is 0 Å². The van der Waals surface area contributed by atoms with Crippen molar-refractivity contribution in [3.05, 3.63) is 23.8 Å². The number of nitrogens with one attached hydrogen (secondary N) is 1. The Balaban J connectivity index is 2.94. The topological polar surface area (TPSA) is 69.6 Å². The molecule has 1 aromatic carbocycles. The smallest absolute Gasteiger partial charge is 0.255 e. The summed E-state index contributed by atoms with van der Waals surface area (Å²) in [6.45, 7) is 5.75. The molecule has 1 rings (SSSR count). The summed E-state index contributed by atoms with van der Waals surface area (Å²) in [6, 6.07) is 4.32. The molecular weight excluding hydrogens is 206 g/mol. The Bertz CT molecular complexity index is 399. The number of aromatic hydroxyl groups is 2. The first-order valence-corrected chi connectivity index (χ1v) is 5.21. The number of amides is 1. The highest BCUT2D eigenvalue weighted by Crippen LogP contribution is 2.28. The third-order valence-corrected chi connectivity index (χ3v) is 2.60. The second kappa shape index (κ2) is 4.43. The number of carbonyl (C=O) groups excluding carboxylic acids is 1. The summed E-state index contributed by atoms with van der Waals surface area (Å²) in [6.07, 6.45) is 0.776. The number of phenolic OH excluding ortho intramolecular Hbond substituents is 2. The molecule has 0 aromatic heterocycles. The Morgan fingerprint density at radius 3 is 2.56 bits per heavy atom. The minimum atomic E-state index is -0.389. The Morgan fingerprint density at radius 2 is 2.00 bits per heavy atom. The molecule has 0 saturated carbocycles. The Morgan fingerprint density at radius 1 is 1.38 bits per heavy atom. The molecule has 1 aromatic rings. The molecule has 4 nitrogen and oxygen atoms in total. The number of rotatable bonds is 3. The van der Waals surface area contributed by atoms with Gasteiger partial charge in [0, 0.05) is 5.54 Å². The van der Waals surface area contributed by atoms with Gasteiger partial charge in [-0.25, -0.2) is 0 Å². The van der Waals surface area contributed by atoms with Gasteiger partial charge in [-0.3, -0.25) is 4.79 Å². The molecule has 88 valence electrons. The number of hydrogen-bond donors (Lipinski definition) is 3. The fourth-order valence-electron chi connectivity index (χ4n) is 1.18. The summed E-state index contributed by atoms with van der Waals surface area (Å²) >= 11 is 0. The van der Waals surface area contributed by atoms with Crippen molar-refractivity contribution in [1.29, 1.82) is 0 Å². The summed E-state index contributed by atoms with van der Waals surface area (Å²) in [4.78, 5) is 11.8. The van der Waals surface area contributed by atoms with E-state index in [1.807, 2.05) is 20.8 Å². The average Bonchev–Trinajstić information content (AvgIpc) is 2.21. The van der Waals surface area contributed by atoms with E-state index in [0.29, 0.717) is 0 Å². The first kappa shape index (κ1) is 12.4. The summed E-state index contributed by atoms with van der Waals surface area (Å²) in [7, 11) is 0. The SMILES string of the molecule is CCC(C)(C)NC(=O)c1cccc(O)c1O. The predicted molar refractivity (Wildman–Crippen MR) is 61.6 cm³/mol. The van der Waals surface area contributed by atoms with Crippen molar-refractivity contribution in [3.63, 3.8) is 0 Å². The van der Waals surface area contributed by atoms with E-state index in [2.05, 4.69) is 5.32 Å². The summed E-state index contributed by atoms with van der Waals surface area (Å²) in [5.74, 6) is -1.06. The lowest BCUT2D eigenvalue weighted by Crippen LogP contribution is -2.42. The molecule has 0 spiro atoms. The third kappa shape index (κ3) is 2.66. The zero-order valence-electron chi connectivity index (χ0n) is 9.74. The molecule has 1 amide bonds. The maximum absolute atomic E-state index is 11.8. The monoisotopic (exact) mass is 223 g/mol. The minimum Gasteiger partial charge on any atom is -0.504 e. The van der Waals surface area contributed by atoms with Crippen molar-refractivity contribution in [2.75, 3.05) is 0 Å². The van der Waals surface area contributed by atoms with Crippen LogP contribution in [-0.4, -0.2) is 21.7 Å². The second-order valence-electron chi connectivity index (χ2n) is 4.36. The van der Waals surface area contributed by atoms with Crippen LogP contribution in [0.5, 0.6) is 11.5 Å². The van der Waals surface area contributed by atoms with E-state index in [-0.39, 0.29) is 28.5 Å². The highest BCUT2D eigenvalue weighted by atomic mass is 16.3. The van der Waals surface area contributed by atoms with Gasteiger partial charge in [-0.15, -0.1) is 0 Å². The van der Waals surface area contributed by atoms with Crippen molar-refractivity contribution in [3.8, 4) is 11.5 Å². The molecule has 0 fully saturated rings. The molecule has 16 heavy (non-hydrogen) atoms. The van der Waals surface area contributed by atoms with Crippen LogP contribution in [0.4, 0.5) is 0 Å². The van der Waals surface area contributed by atoms with Crippen LogP contribution in [0, 0.1) is 0 Å². The van der Waals surface area contributed by atoms with E-state index in [1.54, 1.807) is 0 Å². The molecule has 0 radical (unpaired) electrons. The van der Waals surface area contributed by atoms with Gasteiger partial charge in [-0.05, 0) is 32.4 Å². The van der Waals surface area contributed by atoms with Crippen molar-refractivity contribution in [2.24, 2.45) is 0 Å². The standard InChI is InChI=1S/C12H17NO3/c1-4-12(2,3)13-11(16)8-6-5-7-9(14)10(8)15/h5-7,14-15H,4H2,1-3H3,(H,13,16). The molecule has 0 aliphatic rings. The van der Waals surface area contributed by atoms with Crippen LogP contribution in [0.25, 0.3) is 0 Å². The van der Waals surface area contributed by atoms with Crippen LogP contribution in [-0.2, 0) is 0 Å². The normalized spacial score (nSPS) is 11.2. The maximum atomic E-state index is 11.8. The summed E-state index contributed by atoms with van der Waals surface area (Å²) in [5, 5.41) is 21.6. The van der Waals surface area contributed by atoms with E-state index in [9.17, 15) is 15.0 Å². The van der Waals surface area contributed by atoms with Gasteiger partial charge in [0.15, 0.2) is 11.5 Å². The highest BCUT2D eigenvalue weighted by Gasteiger charge is 2.21. The molecule has 0 saturated heterocycles. The first-order valence-electron chi connectivity index (χ1n) is 5.21. The Hall–Kier alpha value is -1.71. The van der Waals surface area contributed by atoms with Gasteiger partial charge in [0.05, 0.1) is 5.56 Å². The molecule has 0 heterocycles. The van der Waals surface area contributed by atoms with Crippen LogP contribution >= 0.6 is 0 Å². The van der Waals surface area contributed by atoms with Gasteiger partial charge in [0.2, 0.25) is 0 Å². The minimum absolute atomic E-state index is 0.0847. The molecule has 0 aliphatic carbocycles. The van der Waals surface area contributed by atoms with E-state index >= 15 is 0 Å². The fraction of sp³-hybridized carbons (Fsp3) is 0.417. The molecular formula is C12H17NO3. The van der Waals surface area contributed by atoms with E-state index in [1.165, 1.54) is 18.2 Å². The van der Waals surface area contributed by atoms with Crippen LogP contribution in [0.15, 0.2) is 18.2 Å². The number of benzene rings is 1. The van der Waals surface area contributed by atoms with Crippen LogP contribution in [0.2, 0.25) is 0 Å². The molecule has 4 heteroatoms. The summed E-state index contributed by atoms with van der Waals surface area (Å²) < 4.78 is 0. The number of para-hydroxylation sites is 1. The summed E-state index contributed by atoms with van der Waals surface area (Å²) in [5.41, 5.74) is -0.254. The van der Waals surface area contributed by atoms with Crippen molar-refractivity contribution >= 4 is 5.91 Å². The lowest BCUT2D eigenvalue weighted by molar-refractivity contribution is 0.0908. The van der Waals surface area contributed by atoms with Gasteiger partial charge >= 0.3 is 0 Å². The first-order chi connectivity index (χ1) is 7.37. The number of carbonyl (C=O) groups is 1. The van der Waals surface area contributed by atoms with E-state index in [4.69, 9.17) is 0 Å². The van der Waals surface area contributed by atoms with Crippen molar-refractivity contribution < 1.29 is 15.0 Å². The Kier molecular flexibility index (Phi) is 3.42. The van der Waals surface area contributed by atoms with Crippen LogP contribution in [0.1, 0.15) is 37.6 Å². The van der Waals surface area contributed by atoms with Crippen molar-refractivity contribution in [1.82, 2.24) is 5.32 Å². The predicted octanol–water partition coefficient (Wildman–Crippen LogP) is 2.02. The number of hydrogen-bond acceptors (Lipinski definition) is 3. The zero-order chi connectivity index (χ0) is 12.3. The quantitative estimate of drug-likeness (QED) is 0.686. The third-order valence-electron chi connectivity index (χ3n) is 2.60. The Labute approximate surface area is 94.9 Å². The van der Waals surface area contributed by atoms with Gasteiger partial charge in [-0.1, -0.05) is 13.0 Å². The largest absolute Gasteiger partial charge is 0.504 e. The number of phenols is 2. The molecule has 0 unspecified atom stereocenters. The van der Waals surface area contributed by atoms with Gasteiger partial charge in [-0.2, -0.15) is 0 Å². The highest BCUT2D eigenvalue weighted by molar-refractivity contribution is 5.97. The van der Waals surface area contributed by atoms with Crippen LogP contribution < -0.4 is 5.32 Å². The van der Waals surface area contributed by atoms with Gasteiger partial charge in [0.25, 0.3) is 5.91 Å². The lowest BCUT2D eigenvalue weighted by atomic mass is 10.0. The second-order valence-corrected chi connectivity index (χ2v) is 4.36. The fourth-order valence-corrected chi connectivity index (χ4v) is 1.18. The lowest BCUT2D eigenvalue weighted by Gasteiger charge is -2.24. The van der Waals surface area contributed by atoms with Gasteiger partial charge in [0.1, 0.15) is 0 Å². The zero-order valence-corrected chi connectivity index (χ0v) is 9.74. The average molecular weight is 223 g/mol. The molecule has 0 bridgehead atoms. The van der Waals surface area contributed by atoms with Crippen LogP contribution in [0.3, 0.4) is 0 Å². The molecule has 0 aliphatic heterocycles.